The maximum absolute atomic E-state index is 5.59. The van der Waals surface area contributed by atoms with E-state index in [1.807, 2.05) is 12.1 Å². The number of hydrogen-bond donors (Lipinski definition) is 2. The van der Waals surface area contributed by atoms with Gasteiger partial charge in [0.25, 0.3) is 0 Å². The maximum atomic E-state index is 5.59. The minimum atomic E-state index is 0.369. The highest BCUT2D eigenvalue weighted by Gasteiger charge is 2.10. The number of hydrazine groups is 1. The first-order chi connectivity index (χ1) is 10.2. The van der Waals surface area contributed by atoms with Crippen molar-refractivity contribution in [3.63, 3.8) is 0 Å². The quantitative estimate of drug-likeness (QED) is 0.554. The summed E-state index contributed by atoms with van der Waals surface area (Å²) in [6.45, 7) is 4.29. The Hall–Kier alpha value is -2.39. The van der Waals surface area contributed by atoms with E-state index < -0.39 is 0 Å². The molecule has 0 saturated carbocycles. The van der Waals surface area contributed by atoms with Crippen LogP contribution in [0.4, 0.5) is 5.82 Å². The van der Waals surface area contributed by atoms with Gasteiger partial charge in [0.05, 0.1) is 5.52 Å². The van der Waals surface area contributed by atoms with Crippen molar-refractivity contribution in [2.75, 3.05) is 5.43 Å². The monoisotopic (exact) mass is 277 g/mol. The molecule has 0 unspecified atom stereocenters. The zero-order valence-corrected chi connectivity index (χ0v) is 12.3. The van der Waals surface area contributed by atoms with E-state index in [1.54, 1.807) is 0 Å². The second kappa shape index (κ2) is 5.54. The van der Waals surface area contributed by atoms with Crippen molar-refractivity contribution in [2.45, 2.75) is 19.8 Å². The fraction of sp³-hybridized carbons (Fsp3) is 0.167. The lowest BCUT2D eigenvalue weighted by molar-refractivity contribution is 0.862. The average molecular weight is 277 g/mol. The molecule has 0 fully saturated rings. The van der Waals surface area contributed by atoms with Crippen LogP contribution in [0.3, 0.4) is 0 Å². The molecule has 1 aromatic heterocycles. The lowest BCUT2D eigenvalue weighted by atomic mass is 9.99. The van der Waals surface area contributed by atoms with Crippen LogP contribution in [0.2, 0.25) is 0 Å². The molecule has 0 aliphatic rings. The normalized spacial score (nSPS) is 11.0. The van der Waals surface area contributed by atoms with E-state index in [0.29, 0.717) is 5.92 Å². The molecule has 1 heterocycles. The number of rotatable bonds is 3. The molecule has 21 heavy (non-hydrogen) atoms. The zero-order valence-electron chi connectivity index (χ0n) is 12.3. The summed E-state index contributed by atoms with van der Waals surface area (Å²) in [5.41, 5.74) is 7.21. The van der Waals surface area contributed by atoms with E-state index >= 15 is 0 Å². The SMILES string of the molecule is CC(C)c1cc2cc(-c3ccccc3)ccc2nc1NN. The molecule has 3 nitrogen and oxygen atoms in total. The van der Waals surface area contributed by atoms with Crippen LogP contribution in [-0.4, -0.2) is 4.98 Å². The summed E-state index contributed by atoms with van der Waals surface area (Å²) in [5.74, 6) is 6.71. The number of hydrogen-bond acceptors (Lipinski definition) is 3. The Labute approximate surface area is 124 Å². The van der Waals surface area contributed by atoms with Gasteiger partial charge < -0.3 is 5.43 Å². The summed E-state index contributed by atoms with van der Waals surface area (Å²) in [5, 5.41) is 1.14. The van der Waals surface area contributed by atoms with Gasteiger partial charge in [-0.25, -0.2) is 10.8 Å². The Bertz CT molecular complexity index is 764. The molecule has 0 amide bonds. The van der Waals surface area contributed by atoms with Crippen LogP contribution in [0, 0.1) is 0 Å². The molecule has 0 bridgehead atoms. The maximum Gasteiger partial charge on any atom is 0.144 e. The number of nitrogen functional groups attached to an aromatic ring is 1. The summed E-state index contributed by atoms with van der Waals surface area (Å²) >= 11 is 0. The summed E-state index contributed by atoms with van der Waals surface area (Å²) in [4.78, 5) is 4.61. The fourth-order valence-electron chi connectivity index (χ4n) is 2.56. The van der Waals surface area contributed by atoms with Crippen molar-refractivity contribution in [2.24, 2.45) is 5.84 Å². The van der Waals surface area contributed by atoms with E-state index in [4.69, 9.17) is 5.84 Å². The number of aromatic nitrogens is 1. The summed E-state index contributed by atoms with van der Waals surface area (Å²) < 4.78 is 0. The van der Waals surface area contributed by atoms with Crippen LogP contribution in [0.5, 0.6) is 0 Å². The molecule has 0 atom stereocenters. The zero-order chi connectivity index (χ0) is 14.8. The van der Waals surface area contributed by atoms with Crippen molar-refractivity contribution in [1.29, 1.82) is 0 Å². The third-order valence-corrected chi connectivity index (χ3v) is 3.71. The molecule has 0 radical (unpaired) electrons. The van der Waals surface area contributed by atoms with Gasteiger partial charge in [-0.3, -0.25) is 0 Å². The van der Waals surface area contributed by atoms with E-state index in [-0.39, 0.29) is 0 Å². The van der Waals surface area contributed by atoms with Gasteiger partial charge in [-0.2, -0.15) is 0 Å². The van der Waals surface area contributed by atoms with Crippen molar-refractivity contribution in [3.8, 4) is 11.1 Å². The molecule has 0 aliphatic heterocycles. The second-order valence-electron chi connectivity index (χ2n) is 5.50. The van der Waals surface area contributed by atoms with Crippen molar-refractivity contribution in [1.82, 2.24) is 4.98 Å². The van der Waals surface area contributed by atoms with Gasteiger partial charge in [0.1, 0.15) is 5.82 Å². The lowest BCUT2D eigenvalue weighted by Crippen LogP contribution is -2.11. The molecule has 2 aromatic carbocycles. The van der Waals surface area contributed by atoms with Gasteiger partial charge in [0.15, 0.2) is 0 Å². The molecule has 0 spiro atoms. The molecule has 3 heteroatoms. The van der Waals surface area contributed by atoms with E-state index in [2.05, 4.69) is 66.7 Å². The molecule has 0 saturated heterocycles. The van der Waals surface area contributed by atoms with Crippen LogP contribution in [-0.2, 0) is 0 Å². The first-order valence-electron chi connectivity index (χ1n) is 7.16. The van der Waals surface area contributed by atoms with E-state index in [1.165, 1.54) is 11.1 Å². The van der Waals surface area contributed by atoms with Crippen LogP contribution in [0.25, 0.3) is 22.0 Å². The molecular weight excluding hydrogens is 258 g/mol. The topological polar surface area (TPSA) is 50.9 Å². The minimum Gasteiger partial charge on any atom is -0.308 e. The molecule has 106 valence electrons. The number of anilines is 1. The summed E-state index contributed by atoms with van der Waals surface area (Å²) in [6, 6.07) is 18.9. The largest absolute Gasteiger partial charge is 0.308 e. The fourth-order valence-corrected chi connectivity index (χ4v) is 2.56. The van der Waals surface area contributed by atoms with E-state index in [0.717, 1.165) is 22.3 Å². The minimum absolute atomic E-state index is 0.369. The highest BCUT2D eigenvalue weighted by atomic mass is 15.2. The Kier molecular flexibility index (Phi) is 3.59. The van der Waals surface area contributed by atoms with Gasteiger partial charge in [-0.05, 0) is 40.8 Å². The van der Waals surface area contributed by atoms with E-state index in [9.17, 15) is 0 Å². The van der Waals surface area contributed by atoms with Gasteiger partial charge in [-0.1, -0.05) is 50.2 Å². The molecular formula is C18H19N3. The molecule has 3 rings (SSSR count). The molecule has 0 aliphatic carbocycles. The number of pyridine rings is 1. The second-order valence-corrected chi connectivity index (χ2v) is 5.50. The highest BCUT2D eigenvalue weighted by molar-refractivity contribution is 5.86. The van der Waals surface area contributed by atoms with Crippen LogP contribution >= 0.6 is 0 Å². The van der Waals surface area contributed by atoms with Gasteiger partial charge >= 0.3 is 0 Å². The molecule has 3 aromatic rings. The first kappa shape index (κ1) is 13.6. The first-order valence-corrected chi connectivity index (χ1v) is 7.16. The number of nitrogens with one attached hydrogen (secondary N) is 1. The number of nitrogens with zero attached hydrogens (tertiary/aromatic N) is 1. The van der Waals surface area contributed by atoms with Gasteiger partial charge in [0.2, 0.25) is 0 Å². The standard InChI is InChI=1S/C18H19N3/c1-12(2)16-11-15-10-14(13-6-4-3-5-7-13)8-9-17(15)20-18(16)21-19/h3-12H,19H2,1-2H3,(H,20,21). The number of fused-ring (bicyclic) bond motifs is 1. The van der Waals surface area contributed by atoms with Crippen molar-refractivity contribution in [3.05, 3.63) is 60.2 Å². The van der Waals surface area contributed by atoms with Crippen molar-refractivity contribution >= 4 is 16.7 Å². The Balaban J connectivity index is 2.17. The van der Waals surface area contributed by atoms with Crippen LogP contribution in [0.15, 0.2) is 54.6 Å². The summed E-state index contributed by atoms with van der Waals surface area (Å²) in [7, 11) is 0. The lowest BCUT2D eigenvalue weighted by Gasteiger charge is -2.13. The molecule has 3 N–H and O–H groups in total. The van der Waals surface area contributed by atoms with Crippen LogP contribution in [0.1, 0.15) is 25.3 Å². The summed E-state index contributed by atoms with van der Waals surface area (Å²) in [6.07, 6.45) is 0. The van der Waals surface area contributed by atoms with Crippen molar-refractivity contribution < 1.29 is 0 Å². The third-order valence-electron chi connectivity index (χ3n) is 3.71. The van der Waals surface area contributed by atoms with Gasteiger partial charge in [-0.15, -0.1) is 0 Å². The highest BCUT2D eigenvalue weighted by Crippen LogP contribution is 2.29. The Morgan fingerprint density at radius 2 is 1.71 bits per heavy atom. The average Bonchev–Trinajstić information content (AvgIpc) is 2.53. The number of nitrogens with two attached hydrogens (primary N) is 1. The predicted molar refractivity (Wildman–Crippen MR) is 89.1 cm³/mol. The van der Waals surface area contributed by atoms with Crippen LogP contribution < -0.4 is 11.3 Å². The predicted octanol–water partition coefficient (Wildman–Crippen LogP) is 4.31. The Morgan fingerprint density at radius 3 is 2.38 bits per heavy atom. The van der Waals surface area contributed by atoms with Gasteiger partial charge in [0, 0.05) is 5.39 Å². The Morgan fingerprint density at radius 1 is 0.952 bits per heavy atom. The third kappa shape index (κ3) is 2.60. The smallest absolute Gasteiger partial charge is 0.144 e. The number of benzene rings is 2.